The molecule has 0 spiro atoms. The molecule has 1 aliphatic heterocycles. The van der Waals surface area contributed by atoms with E-state index in [1.54, 1.807) is 14.2 Å². The zero-order valence-corrected chi connectivity index (χ0v) is 24.8. The van der Waals surface area contributed by atoms with Gasteiger partial charge in [-0.2, -0.15) is 0 Å². The van der Waals surface area contributed by atoms with Gasteiger partial charge in [0, 0.05) is 22.0 Å². The second-order valence-corrected chi connectivity index (χ2v) is 17.4. The van der Waals surface area contributed by atoms with Gasteiger partial charge < -0.3 is 13.9 Å². The molecule has 0 fully saturated rings. The summed E-state index contributed by atoms with van der Waals surface area (Å²) in [6.45, 7) is 14.6. The van der Waals surface area contributed by atoms with Crippen molar-refractivity contribution in [3.05, 3.63) is 89.0 Å². The van der Waals surface area contributed by atoms with Gasteiger partial charge in [-0.25, -0.2) is 0 Å². The van der Waals surface area contributed by atoms with E-state index in [2.05, 4.69) is 108 Å². The fraction of sp³-hybridized carbons (Fsp3) is 0.419. The van der Waals surface area contributed by atoms with Gasteiger partial charge in [0.05, 0.1) is 20.8 Å². The molecule has 0 N–H and O–H groups in total. The van der Waals surface area contributed by atoms with E-state index >= 15 is 0 Å². The first-order chi connectivity index (χ1) is 17.0. The molecular formula is C31H40O3SSi. The maximum atomic E-state index is 6.49. The van der Waals surface area contributed by atoms with Gasteiger partial charge in [0.2, 0.25) is 0 Å². The average molecular weight is 521 g/mol. The minimum absolute atomic E-state index is 0.0717. The van der Waals surface area contributed by atoms with Crippen molar-refractivity contribution in [3.8, 4) is 11.5 Å². The molecule has 0 saturated carbocycles. The molecule has 1 heterocycles. The fourth-order valence-corrected chi connectivity index (χ4v) is 7.02. The Morgan fingerprint density at radius 3 is 2.08 bits per heavy atom. The van der Waals surface area contributed by atoms with Crippen LogP contribution in [0.1, 0.15) is 55.9 Å². The summed E-state index contributed by atoms with van der Waals surface area (Å²) in [5.74, 6) is 3.01. The molecule has 192 valence electrons. The molecule has 2 atom stereocenters. The van der Waals surface area contributed by atoms with Crippen LogP contribution in [0.15, 0.2) is 71.6 Å². The molecule has 1 aliphatic rings. The van der Waals surface area contributed by atoms with Gasteiger partial charge in [-0.1, -0.05) is 70.2 Å². The summed E-state index contributed by atoms with van der Waals surface area (Å²) in [5.41, 5.74) is 5.17. The predicted molar refractivity (Wildman–Crippen MR) is 154 cm³/mol. The number of ether oxygens (including phenoxy) is 2. The second kappa shape index (κ2) is 10.3. The number of rotatable bonds is 7. The lowest BCUT2D eigenvalue weighted by atomic mass is 9.67. The first-order valence-electron chi connectivity index (χ1n) is 12.7. The Morgan fingerprint density at radius 1 is 0.889 bits per heavy atom. The zero-order valence-electron chi connectivity index (χ0n) is 23.0. The predicted octanol–water partition coefficient (Wildman–Crippen LogP) is 8.42. The largest absolute Gasteiger partial charge is 0.497 e. The first kappa shape index (κ1) is 26.8. The summed E-state index contributed by atoms with van der Waals surface area (Å²) in [4.78, 5) is 1.30. The van der Waals surface area contributed by atoms with Crippen LogP contribution >= 0.6 is 11.8 Å². The van der Waals surface area contributed by atoms with Crippen LogP contribution in [0.25, 0.3) is 0 Å². The van der Waals surface area contributed by atoms with Crippen LogP contribution in [0, 0.1) is 0 Å². The van der Waals surface area contributed by atoms with Gasteiger partial charge >= 0.3 is 0 Å². The Kier molecular flexibility index (Phi) is 7.66. The number of thioether (sulfide) groups is 1. The molecule has 0 aromatic heterocycles. The molecule has 5 heteroatoms. The van der Waals surface area contributed by atoms with E-state index in [1.165, 1.54) is 27.1 Å². The average Bonchev–Trinajstić information content (AvgIpc) is 2.87. The zero-order chi connectivity index (χ0) is 26.1. The van der Waals surface area contributed by atoms with Gasteiger partial charge in [0.25, 0.3) is 0 Å². The quantitative estimate of drug-likeness (QED) is 0.292. The van der Waals surface area contributed by atoms with Crippen molar-refractivity contribution in [2.24, 2.45) is 0 Å². The Balaban J connectivity index is 1.70. The number of hydrogen-bond donors (Lipinski definition) is 0. The molecule has 0 amide bonds. The van der Waals surface area contributed by atoms with E-state index in [-0.39, 0.29) is 16.4 Å². The Bertz CT molecular complexity index is 1180. The molecule has 36 heavy (non-hydrogen) atoms. The second-order valence-electron chi connectivity index (χ2n) is 11.6. The molecule has 0 bridgehead atoms. The molecule has 0 aliphatic carbocycles. The summed E-state index contributed by atoms with van der Waals surface area (Å²) in [6.07, 6.45) is 0. The third-order valence-corrected chi connectivity index (χ3v) is 14.1. The lowest BCUT2D eigenvalue weighted by molar-refractivity contribution is 0.276. The third-order valence-electron chi connectivity index (χ3n) is 8.16. The van der Waals surface area contributed by atoms with Crippen molar-refractivity contribution in [1.82, 2.24) is 0 Å². The minimum Gasteiger partial charge on any atom is -0.497 e. The maximum absolute atomic E-state index is 6.49. The van der Waals surface area contributed by atoms with Crippen molar-refractivity contribution < 1.29 is 13.9 Å². The van der Waals surface area contributed by atoms with Crippen LogP contribution < -0.4 is 9.47 Å². The summed E-state index contributed by atoms with van der Waals surface area (Å²) in [7, 11) is 1.66. The number of methoxy groups -OCH3 is 2. The van der Waals surface area contributed by atoms with Crippen LogP contribution in [-0.2, 0) is 16.4 Å². The van der Waals surface area contributed by atoms with Gasteiger partial charge in [-0.05, 0) is 64.7 Å². The molecule has 3 nitrogen and oxygen atoms in total. The van der Waals surface area contributed by atoms with Gasteiger partial charge in [0.1, 0.15) is 11.5 Å². The van der Waals surface area contributed by atoms with E-state index in [1.807, 2.05) is 11.8 Å². The first-order valence-corrected chi connectivity index (χ1v) is 16.6. The topological polar surface area (TPSA) is 27.7 Å². The van der Waals surface area contributed by atoms with Crippen molar-refractivity contribution in [2.75, 3.05) is 20.0 Å². The van der Waals surface area contributed by atoms with Gasteiger partial charge in [-0.15, -0.1) is 11.8 Å². The highest BCUT2D eigenvalue weighted by Crippen LogP contribution is 2.53. The van der Waals surface area contributed by atoms with Crippen LogP contribution in [0.4, 0.5) is 0 Å². The summed E-state index contributed by atoms with van der Waals surface area (Å²) in [6, 6.07) is 24.2. The monoisotopic (exact) mass is 520 g/mol. The van der Waals surface area contributed by atoms with Crippen molar-refractivity contribution in [3.63, 3.8) is 0 Å². The van der Waals surface area contributed by atoms with Crippen LogP contribution in [0.3, 0.4) is 0 Å². The fourth-order valence-electron chi connectivity index (χ4n) is 4.72. The van der Waals surface area contributed by atoms with E-state index in [4.69, 9.17) is 13.9 Å². The molecule has 3 aromatic rings. The highest BCUT2D eigenvalue weighted by atomic mass is 32.2. The lowest BCUT2D eigenvalue weighted by Gasteiger charge is -2.43. The number of benzene rings is 3. The summed E-state index contributed by atoms with van der Waals surface area (Å²) < 4.78 is 17.5. The van der Waals surface area contributed by atoms with Crippen LogP contribution in [0.5, 0.6) is 11.5 Å². The van der Waals surface area contributed by atoms with Crippen molar-refractivity contribution in [1.29, 1.82) is 0 Å². The van der Waals surface area contributed by atoms with E-state index in [9.17, 15) is 0 Å². The molecule has 3 aromatic carbocycles. The molecule has 0 radical (unpaired) electrons. The smallest absolute Gasteiger partial charge is 0.192 e. The van der Waals surface area contributed by atoms with Crippen molar-refractivity contribution >= 4 is 20.1 Å². The minimum atomic E-state index is -1.79. The van der Waals surface area contributed by atoms with Crippen LogP contribution in [0.2, 0.25) is 18.1 Å². The Labute approximate surface area is 222 Å². The Morgan fingerprint density at radius 2 is 1.50 bits per heavy atom. The summed E-state index contributed by atoms with van der Waals surface area (Å²) >= 11 is 1.92. The van der Waals surface area contributed by atoms with Gasteiger partial charge in [0.15, 0.2) is 8.32 Å². The maximum Gasteiger partial charge on any atom is 0.192 e. The van der Waals surface area contributed by atoms with Gasteiger partial charge in [-0.3, -0.25) is 0 Å². The molecular weight excluding hydrogens is 480 g/mol. The van der Waals surface area contributed by atoms with E-state index in [0.717, 1.165) is 17.3 Å². The highest BCUT2D eigenvalue weighted by molar-refractivity contribution is 7.99. The standard InChI is InChI=1S/C31H40O3SSi/c1-30(2,3)36(7,8)34-20-22-9-11-23(12-10-22)29-27-18-17-26(33-6)19-28(27)35-21-31(29,4)24-13-15-25(32-5)16-14-24/h9-19,29H,20-21H2,1-8H3/t29-,31?/m1/s1. The van der Waals surface area contributed by atoms with E-state index in [0.29, 0.717) is 6.61 Å². The molecule has 0 saturated heterocycles. The normalized spacial score (nSPS) is 20.1. The number of fused-ring (bicyclic) bond motifs is 1. The number of hydrogen-bond acceptors (Lipinski definition) is 4. The van der Waals surface area contributed by atoms with Crippen LogP contribution in [-0.4, -0.2) is 28.3 Å². The Hall–Kier alpha value is -2.21. The van der Waals surface area contributed by atoms with E-state index < -0.39 is 8.32 Å². The molecule has 1 unspecified atom stereocenters. The summed E-state index contributed by atoms with van der Waals surface area (Å²) in [5, 5.41) is 0.206. The van der Waals surface area contributed by atoms with Crippen molar-refractivity contribution in [2.45, 2.75) is 68.7 Å². The SMILES string of the molecule is COc1ccc(C2(C)CSc3cc(OC)ccc3[C@H]2c2ccc(CO[Si](C)(C)C(C)(C)C)cc2)cc1. The lowest BCUT2D eigenvalue weighted by Crippen LogP contribution is -2.40. The molecule has 4 rings (SSSR count). The third kappa shape index (κ3) is 5.25. The highest BCUT2D eigenvalue weighted by Gasteiger charge is 2.42.